The number of hydrogen-bond donors (Lipinski definition) is 2. The third kappa shape index (κ3) is 3.22. The zero-order valence-corrected chi connectivity index (χ0v) is 12.0. The molecule has 1 atom stereocenters. The molecule has 1 saturated heterocycles. The SMILES string of the molecule is CCc1cccnc1CNC(=O)N1CSCC1C(=O)O. The van der Waals surface area contributed by atoms with Crippen LogP contribution in [0.2, 0.25) is 0 Å². The van der Waals surface area contributed by atoms with E-state index < -0.39 is 12.0 Å². The Morgan fingerprint density at radius 2 is 2.40 bits per heavy atom. The highest BCUT2D eigenvalue weighted by Crippen LogP contribution is 2.21. The molecule has 0 saturated carbocycles. The van der Waals surface area contributed by atoms with Crippen molar-refractivity contribution in [1.82, 2.24) is 15.2 Å². The van der Waals surface area contributed by atoms with Crippen LogP contribution in [0.4, 0.5) is 4.79 Å². The molecule has 1 aromatic rings. The van der Waals surface area contributed by atoms with E-state index in [1.165, 1.54) is 16.7 Å². The van der Waals surface area contributed by atoms with Crippen molar-refractivity contribution in [2.75, 3.05) is 11.6 Å². The molecule has 1 aliphatic rings. The molecule has 6 nitrogen and oxygen atoms in total. The fourth-order valence-corrected chi connectivity index (χ4v) is 3.21. The van der Waals surface area contributed by atoms with E-state index in [4.69, 9.17) is 5.11 Å². The summed E-state index contributed by atoms with van der Waals surface area (Å²) in [6, 6.07) is 2.74. The molecule has 0 bridgehead atoms. The number of pyridine rings is 1. The van der Waals surface area contributed by atoms with E-state index in [0.29, 0.717) is 18.2 Å². The van der Waals surface area contributed by atoms with E-state index in [9.17, 15) is 9.59 Å². The Balaban J connectivity index is 1.97. The number of thioether (sulfide) groups is 1. The standard InChI is InChI=1S/C13H17N3O3S/c1-2-9-4-3-5-14-10(9)6-15-13(19)16-8-20-7-11(16)12(17)18/h3-5,11H,2,6-8H2,1H3,(H,15,19)(H,17,18). The van der Waals surface area contributed by atoms with Gasteiger partial charge in [-0.2, -0.15) is 0 Å². The van der Waals surface area contributed by atoms with Crippen LogP contribution in [0, 0.1) is 0 Å². The van der Waals surface area contributed by atoms with E-state index in [2.05, 4.69) is 10.3 Å². The van der Waals surface area contributed by atoms with Crippen LogP contribution in [0.25, 0.3) is 0 Å². The Morgan fingerprint density at radius 1 is 1.60 bits per heavy atom. The molecule has 2 rings (SSSR count). The van der Waals surface area contributed by atoms with Crippen LogP contribution in [0.15, 0.2) is 18.3 Å². The summed E-state index contributed by atoms with van der Waals surface area (Å²) < 4.78 is 0. The number of aryl methyl sites for hydroxylation is 1. The van der Waals surface area contributed by atoms with Crippen LogP contribution in [0.3, 0.4) is 0 Å². The second-order valence-corrected chi connectivity index (χ2v) is 5.44. The van der Waals surface area contributed by atoms with Gasteiger partial charge in [0.25, 0.3) is 0 Å². The number of aliphatic carboxylic acids is 1. The van der Waals surface area contributed by atoms with Gasteiger partial charge in [0.1, 0.15) is 6.04 Å². The smallest absolute Gasteiger partial charge is 0.327 e. The van der Waals surface area contributed by atoms with Gasteiger partial charge < -0.3 is 15.3 Å². The molecule has 7 heteroatoms. The zero-order valence-electron chi connectivity index (χ0n) is 11.2. The molecule has 0 aromatic carbocycles. The third-order valence-corrected chi connectivity index (χ3v) is 4.21. The summed E-state index contributed by atoms with van der Waals surface area (Å²) in [7, 11) is 0. The molecular weight excluding hydrogens is 278 g/mol. The number of hydrogen-bond acceptors (Lipinski definition) is 4. The monoisotopic (exact) mass is 295 g/mol. The first-order valence-electron chi connectivity index (χ1n) is 6.41. The molecular formula is C13H17N3O3S. The summed E-state index contributed by atoms with van der Waals surface area (Å²) in [4.78, 5) is 28.7. The Labute approximate surface area is 121 Å². The quantitative estimate of drug-likeness (QED) is 0.875. The average molecular weight is 295 g/mol. The molecule has 1 aliphatic heterocycles. The molecule has 2 heterocycles. The van der Waals surface area contributed by atoms with Crippen molar-refractivity contribution in [2.45, 2.75) is 25.9 Å². The number of carboxylic acid groups (broad SMARTS) is 1. The second kappa shape index (κ2) is 6.60. The molecule has 108 valence electrons. The summed E-state index contributed by atoms with van der Waals surface area (Å²) in [5.74, 6) is -0.115. The largest absolute Gasteiger partial charge is 0.480 e. The number of nitrogens with one attached hydrogen (secondary N) is 1. The van der Waals surface area contributed by atoms with Crippen LogP contribution in [-0.4, -0.2) is 44.7 Å². The minimum atomic E-state index is -0.961. The van der Waals surface area contributed by atoms with Crippen molar-refractivity contribution in [3.05, 3.63) is 29.6 Å². The highest BCUT2D eigenvalue weighted by atomic mass is 32.2. The average Bonchev–Trinajstić information content (AvgIpc) is 2.94. The topological polar surface area (TPSA) is 82.5 Å². The van der Waals surface area contributed by atoms with Gasteiger partial charge in [0.05, 0.1) is 18.1 Å². The fourth-order valence-electron chi connectivity index (χ4n) is 2.06. The van der Waals surface area contributed by atoms with Crippen LogP contribution >= 0.6 is 11.8 Å². The number of carbonyl (C=O) groups is 2. The van der Waals surface area contributed by atoms with Gasteiger partial charge in [-0.3, -0.25) is 4.98 Å². The van der Waals surface area contributed by atoms with E-state index in [1.54, 1.807) is 6.20 Å². The summed E-state index contributed by atoms with van der Waals surface area (Å²) >= 11 is 1.44. The molecule has 1 aromatic heterocycles. The number of rotatable bonds is 4. The number of urea groups is 1. The molecule has 1 fully saturated rings. The number of nitrogens with zero attached hydrogens (tertiary/aromatic N) is 2. The lowest BCUT2D eigenvalue weighted by Gasteiger charge is -2.21. The van der Waals surface area contributed by atoms with E-state index >= 15 is 0 Å². The molecule has 0 spiro atoms. The first kappa shape index (κ1) is 14.6. The van der Waals surface area contributed by atoms with Gasteiger partial charge in [0.15, 0.2) is 0 Å². The lowest BCUT2D eigenvalue weighted by atomic mass is 10.1. The Morgan fingerprint density at radius 3 is 3.10 bits per heavy atom. The molecule has 0 radical (unpaired) electrons. The maximum absolute atomic E-state index is 12.0. The summed E-state index contributed by atoms with van der Waals surface area (Å²) in [5.41, 5.74) is 1.90. The van der Waals surface area contributed by atoms with Crippen molar-refractivity contribution in [1.29, 1.82) is 0 Å². The molecule has 2 amide bonds. The van der Waals surface area contributed by atoms with E-state index in [0.717, 1.165) is 17.7 Å². The Bertz CT molecular complexity index is 509. The predicted molar refractivity (Wildman–Crippen MR) is 76.4 cm³/mol. The maximum Gasteiger partial charge on any atom is 0.327 e. The minimum absolute atomic E-state index is 0.316. The zero-order chi connectivity index (χ0) is 14.5. The van der Waals surface area contributed by atoms with Crippen LogP contribution in [0.1, 0.15) is 18.2 Å². The normalized spacial score (nSPS) is 18.1. The summed E-state index contributed by atoms with van der Waals surface area (Å²) in [5, 5.41) is 11.8. The van der Waals surface area contributed by atoms with Crippen molar-refractivity contribution in [2.24, 2.45) is 0 Å². The highest BCUT2D eigenvalue weighted by molar-refractivity contribution is 7.99. The minimum Gasteiger partial charge on any atom is -0.480 e. The van der Waals surface area contributed by atoms with Crippen molar-refractivity contribution >= 4 is 23.8 Å². The number of aromatic nitrogens is 1. The number of carboxylic acids is 1. The van der Waals surface area contributed by atoms with Gasteiger partial charge >= 0.3 is 12.0 Å². The van der Waals surface area contributed by atoms with Gasteiger partial charge in [-0.1, -0.05) is 13.0 Å². The molecule has 0 aliphatic carbocycles. The van der Waals surface area contributed by atoms with Gasteiger partial charge in [-0.25, -0.2) is 9.59 Å². The first-order chi connectivity index (χ1) is 9.63. The highest BCUT2D eigenvalue weighted by Gasteiger charge is 2.34. The number of amides is 2. The Hall–Kier alpha value is -1.76. The van der Waals surface area contributed by atoms with E-state index in [-0.39, 0.29) is 6.03 Å². The van der Waals surface area contributed by atoms with Gasteiger partial charge in [0, 0.05) is 11.9 Å². The first-order valence-corrected chi connectivity index (χ1v) is 7.56. The van der Waals surface area contributed by atoms with Crippen molar-refractivity contribution in [3.8, 4) is 0 Å². The lowest BCUT2D eigenvalue weighted by Crippen LogP contribution is -2.46. The third-order valence-electron chi connectivity index (χ3n) is 3.20. The van der Waals surface area contributed by atoms with Gasteiger partial charge in [0.2, 0.25) is 0 Å². The molecule has 20 heavy (non-hydrogen) atoms. The lowest BCUT2D eigenvalue weighted by molar-refractivity contribution is -0.140. The second-order valence-electron chi connectivity index (χ2n) is 4.45. The predicted octanol–water partition coefficient (Wildman–Crippen LogP) is 1.31. The van der Waals surface area contributed by atoms with E-state index in [1.807, 2.05) is 19.1 Å². The van der Waals surface area contributed by atoms with Gasteiger partial charge in [-0.15, -0.1) is 11.8 Å². The molecule has 2 N–H and O–H groups in total. The van der Waals surface area contributed by atoms with Crippen LogP contribution in [-0.2, 0) is 17.8 Å². The molecule has 1 unspecified atom stereocenters. The maximum atomic E-state index is 12.0. The fraction of sp³-hybridized carbons (Fsp3) is 0.462. The Kier molecular flexibility index (Phi) is 4.84. The van der Waals surface area contributed by atoms with Crippen LogP contribution < -0.4 is 5.32 Å². The van der Waals surface area contributed by atoms with Crippen molar-refractivity contribution in [3.63, 3.8) is 0 Å². The summed E-state index contributed by atoms with van der Waals surface area (Å²) in [6.45, 7) is 2.34. The van der Waals surface area contributed by atoms with Crippen molar-refractivity contribution < 1.29 is 14.7 Å². The van der Waals surface area contributed by atoms with Gasteiger partial charge in [-0.05, 0) is 18.1 Å². The number of carbonyl (C=O) groups excluding carboxylic acids is 1. The van der Waals surface area contributed by atoms with Crippen LogP contribution in [0.5, 0.6) is 0 Å². The summed E-state index contributed by atoms with van der Waals surface area (Å²) in [6.07, 6.45) is 2.53.